The van der Waals surface area contributed by atoms with Crippen molar-refractivity contribution in [1.29, 1.82) is 5.26 Å². The first-order valence-corrected chi connectivity index (χ1v) is 17.2. The van der Waals surface area contributed by atoms with Gasteiger partial charge in [-0.05, 0) is 57.6 Å². The van der Waals surface area contributed by atoms with Gasteiger partial charge in [0.05, 0.1) is 40.9 Å². The number of ether oxygens (including phenoxy) is 3. The zero-order valence-corrected chi connectivity index (χ0v) is 29.9. The lowest BCUT2D eigenvalue weighted by Crippen LogP contribution is -2.37. The SMILES string of the molecule is CCC.COCCCC1(C(=O)OCCOC)CCC(c2nc3c(-c4cn(-c5ccccc5)nc4C)cnn3c(N(S)SF)c2C#N)CC1. The zero-order chi connectivity index (χ0) is 34.7. The number of nitriles is 1. The van der Waals surface area contributed by atoms with Crippen molar-refractivity contribution in [1.82, 2.24) is 24.4 Å². The average molecular weight is 698 g/mol. The molecule has 0 aliphatic heterocycles. The van der Waals surface area contributed by atoms with Gasteiger partial charge in [0, 0.05) is 38.5 Å². The van der Waals surface area contributed by atoms with Gasteiger partial charge in [0.1, 0.15) is 18.2 Å². The number of esters is 1. The van der Waals surface area contributed by atoms with Gasteiger partial charge in [-0.25, -0.2) is 13.4 Å². The maximum atomic E-state index is 14.1. The molecule has 4 aromatic rings. The van der Waals surface area contributed by atoms with Crippen LogP contribution in [-0.2, 0) is 19.0 Å². The second-order valence-electron chi connectivity index (χ2n) is 11.8. The van der Waals surface area contributed by atoms with E-state index in [-0.39, 0.29) is 42.2 Å². The Morgan fingerprint density at radius 3 is 2.46 bits per heavy atom. The van der Waals surface area contributed by atoms with E-state index in [9.17, 15) is 13.9 Å². The summed E-state index contributed by atoms with van der Waals surface area (Å²) in [5.74, 6) is -0.227. The summed E-state index contributed by atoms with van der Waals surface area (Å²) in [6.07, 6.45) is 8.45. The van der Waals surface area contributed by atoms with Crippen molar-refractivity contribution >= 4 is 42.6 Å². The van der Waals surface area contributed by atoms with Crippen molar-refractivity contribution in [3.8, 4) is 22.9 Å². The molecule has 1 aliphatic rings. The highest BCUT2D eigenvalue weighted by Gasteiger charge is 2.44. The lowest BCUT2D eigenvalue weighted by atomic mass is 9.67. The van der Waals surface area contributed by atoms with E-state index in [1.54, 1.807) is 25.1 Å². The molecule has 1 fully saturated rings. The lowest BCUT2D eigenvalue weighted by Gasteiger charge is -2.38. The number of thiol groups is 1. The summed E-state index contributed by atoms with van der Waals surface area (Å²) in [7, 11) is 3.21. The van der Waals surface area contributed by atoms with E-state index in [0.717, 1.165) is 27.1 Å². The molecule has 258 valence electrons. The monoisotopic (exact) mass is 697 g/mol. The van der Waals surface area contributed by atoms with Crippen molar-refractivity contribution in [3.05, 3.63) is 59.7 Å². The van der Waals surface area contributed by atoms with Gasteiger partial charge in [-0.1, -0.05) is 51.3 Å². The van der Waals surface area contributed by atoms with Crippen LogP contribution < -0.4 is 3.71 Å². The smallest absolute Gasteiger partial charge is 0.312 e. The van der Waals surface area contributed by atoms with Gasteiger partial charge in [0.15, 0.2) is 23.8 Å². The van der Waals surface area contributed by atoms with Crippen LogP contribution in [0.2, 0.25) is 0 Å². The molecule has 0 amide bonds. The number of carbonyl (C=O) groups is 1. The third-order valence-corrected chi connectivity index (χ3v) is 9.18. The van der Waals surface area contributed by atoms with E-state index < -0.39 is 5.41 Å². The number of hydrogen-bond donors (Lipinski definition) is 1. The highest BCUT2D eigenvalue weighted by molar-refractivity contribution is 8.08. The van der Waals surface area contributed by atoms with Crippen molar-refractivity contribution in [3.63, 3.8) is 0 Å². The number of benzene rings is 1. The number of para-hydroxylation sites is 1. The number of aromatic nitrogens is 5. The van der Waals surface area contributed by atoms with Crippen molar-refractivity contribution < 1.29 is 22.9 Å². The molecule has 5 rings (SSSR count). The summed E-state index contributed by atoms with van der Waals surface area (Å²) in [5, 5.41) is 19.6. The molecule has 1 aliphatic carbocycles. The molecule has 48 heavy (non-hydrogen) atoms. The summed E-state index contributed by atoms with van der Waals surface area (Å²) in [4.78, 5) is 18.4. The number of fused-ring (bicyclic) bond motifs is 1. The first-order valence-electron chi connectivity index (χ1n) is 16.2. The van der Waals surface area contributed by atoms with Crippen LogP contribution in [0.5, 0.6) is 0 Å². The summed E-state index contributed by atoms with van der Waals surface area (Å²) >= 11 is 4.19. The number of hydrogen-bond acceptors (Lipinski definition) is 11. The van der Waals surface area contributed by atoms with Crippen molar-refractivity contribution in [2.45, 2.75) is 71.6 Å². The summed E-state index contributed by atoms with van der Waals surface area (Å²) in [5.41, 5.74) is 3.67. The van der Waals surface area contributed by atoms with Gasteiger partial charge < -0.3 is 14.2 Å². The van der Waals surface area contributed by atoms with E-state index in [4.69, 9.17) is 24.3 Å². The first kappa shape index (κ1) is 37.2. The Kier molecular flexibility index (Phi) is 13.7. The first-order chi connectivity index (χ1) is 23.3. The number of nitrogens with zero attached hydrogens (tertiary/aromatic N) is 7. The number of rotatable bonds is 13. The van der Waals surface area contributed by atoms with Crippen molar-refractivity contribution in [2.75, 3.05) is 37.8 Å². The Balaban J connectivity index is 0.00000167. The van der Waals surface area contributed by atoms with Gasteiger partial charge in [0.25, 0.3) is 0 Å². The highest BCUT2D eigenvalue weighted by Crippen LogP contribution is 2.48. The minimum atomic E-state index is -0.669. The maximum Gasteiger partial charge on any atom is 0.312 e. The standard InChI is InChI=1S/C31H36FN7O4S2.C3H8/c1-21-26(20-37(36-21)23-8-5-4-6-9-23)25-19-34-38-28(25)35-27(24(18-33)29(38)39(44)45-32)22-10-13-31(14-11-22,12-7-15-41-2)30(40)43-17-16-42-3;1-3-2/h4-6,8-9,19-20,22,44H,7,10-17H2,1-3H3;3H2,1-2H3. The number of anilines is 1. The molecule has 3 aromatic heterocycles. The molecule has 1 saturated carbocycles. The Bertz CT molecular complexity index is 1680. The van der Waals surface area contributed by atoms with Gasteiger partial charge >= 0.3 is 5.97 Å². The van der Waals surface area contributed by atoms with E-state index in [2.05, 4.69) is 37.8 Å². The number of carbonyl (C=O) groups excluding carboxylic acids is 1. The predicted octanol–water partition coefficient (Wildman–Crippen LogP) is 7.62. The minimum absolute atomic E-state index is 0.130. The van der Waals surface area contributed by atoms with Gasteiger partial charge in [0.2, 0.25) is 0 Å². The predicted molar refractivity (Wildman–Crippen MR) is 189 cm³/mol. The summed E-state index contributed by atoms with van der Waals surface area (Å²) in [6, 6.07) is 12.0. The van der Waals surface area contributed by atoms with Gasteiger partial charge in [-0.3, -0.25) is 4.79 Å². The van der Waals surface area contributed by atoms with Crippen LogP contribution in [0.25, 0.3) is 22.5 Å². The third-order valence-electron chi connectivity index (χ3n) is 8.51. The van der Waals surface area contributed by atoms with Crippen LogP contribution in [0.4, 0.5) is 9.70 Å². The summed E-state index contributed by atoms with van der Waals surface area (Å²) in [6.45, 7) is 7.21. The molecule has 0 saturated heterocycles. The molecule has 0 N–H and O–H groups in total. The number of methoxy groups -OCH3 is 2. The van der Waals surface area contributed by atoms with E-state index in [1.807, 2.05) is 43.5 Å². The molecule has 11 nitrogen and oxygen atoms in total. The van der Waals surface area contributed by atoms with Crippen LogP contribution >= 0.6 is 25.1 Å². The Hall–Kier alpha value is -3.64. The maximum absolute atomic E-state index is 14.1. The van der Waals surface area contributed by atoms with Crippen LogP contribution in [0.3, 0.4) is 0 Å². The second kappa shape index (κ2) is 17.7. The van der Waals surface area contributed by atoms with E-state index in [0.29, 0.717) is 62.2 Å². The highest BCUT2D eigenvalue weighted by atomic mass is 32.2. The Labute approximate surface area is 291 Å². The fourth-order valence-corrected chi connectivity index (χ4v) is 6.58. The fraction of sp³-hybridized carbons (Fsp3) is 0.500. The van der Waals surface area contributed by atoms with Gasteiger partial charge in [-0.15, -0.1) is 3.89 Å². The normalized spacial score (nSPS) is 17.4. The Morgan fingerprint density at radius 1 is 1.15 bits per heavy atom. The molecular formula is C34H44FN7O4S2. The topological polar surface area (TPSA) is 120 Å². The minimum Gasteiger partial charge on any atom is -0.463 e. The molecule has 0 radical (unpaired) electrons. The van der Waals surface area contributed by atoms with E-state index in [1.165, 1.54) is 10.9 Å². The van der Waals surface area contributed by atoms with E-state index >= 15 is 0 Å². The van der Waals surface area contributed by atoms with Crippen LogP contribution in [0, 0.1) is 23.7 Å². The third kappa shape index (κ3) is 8.14. The summed E-state index contributed by atoms with van der Waals surface area (Å²) < 4.78 is 34.2. The largest absolute Gasteiger partial charge is 0.463 e. The van der Waals surface area contributed by atoms with Gasteiger partial charge in [-0.2, -0.15) is 20.0 Å². The molecular weight excluding hydrogens is 654 g/mol. The number of aryl methyl sites for hydroxylation is 1. The molecule has 3 heterocycles. The molecule has 0 bridgehead atoms. The Morgan fingerprint density at radius 2 is 1.83 bits per heavy atom. The molecule has 14 heteroatoms. The fourth-order valence-electron chi connectivity index (χ4n) is 6.16. The molecule has 1 aromatic carbocycles. The molecule has 0 spiro atoms. The zero-order valence-electron chi connectivity index (χ0n) is 28.2. The lowest BCUT2D eigenvalue weighted by molar-refractivity contribution is -0.160. The molecule has 0 atom stereocenters. The van der Waals surface area contributed by atoms with Crippen LogP contribution in [-0.4, -0.2) is 64.4 Å². The second-order valence-corrected chi connectivity index (χ2v) is 13.0. The van der Waals surface area contributed by atoms with Crippen LogP contribution in [0.15, 0.2) is 42.7 Å². The van der Waals surface area contributed by atoms with Crippen molar-refractivity contribution in [2.24, 2.45) is 5.41 Å². The average Bonchev–Trinajstić information content (AvgIpc) is 3.71. The molecule has 0 unspecified atom stereocenters. The van der Waals surface area contributed by atoms with Crippen LogP contribution in [0.1, 0.15) is 81.7 Å². The number of halogens is 1. The quantitative estimate of drug-likeness (QED) is 0.0647.